The van der Waals surface area contributed by atoms with Gasteiger partial charge in [-0.1, -0.05) is 55.5 Å². The molecule has 0 N–H and O–H groups in total. The van der Waals surface area contributed by atoms with Crippen LogP contribution < -0.4 is 0 Å². The van der Waals surface area contributed by atoms with E-state index in [0.717, 1.165) is 11.1 Å². The number of methoxy groups -OCH3 is 1. The topological polar surface area (TPSA) is 47.9 Å². The molecule has 1 aliphatic heterocycles. The van der Waals surface area contributed by atoms with Crippen LogP contribution in [-0.4, -0.2) is 24.5 Å². The second kappa shape index (κ2) is 6.24. The number of carbonyl (C=O) groups is 1. The molecule has 2 aromatic rings. The Labute approximate surface area is 135 Å². The molecule has 0 saturated heterocycles. The third-order valence-electron chi connectivity index (χ3n) is 4.17. The van der Waals surface area contributed by atoms with E-state index in [1.807, 2.05) is 67.6 Å². The minimum absolute atomic E-state index is 0.375. The molecule has 2 aromatic carbocycles. The zero-order valence-corrected chi connectivity index (χ0v) is 13.2. The van der Waals surface area contributed by atoms with Crippen LogP contribution in [0.5, 0.6) is 0 Å². The summed E-state index contributed by atoms with van der Waals surface area (Å²) < 4.78 is 11.2. The Morgan fingerprint density at radius 3 is 2.30 bits per heavy atom. The number of esters is 1. The van der Waals surface area contributed by atoms with Gasteiger partial charge in [-0.25, -0.2) is 9.79 Å². The van der Waals surface area contributed by atoms with E-state index in [9.17, 15) is 4.79 Å². The maximum Gasteiger partial charge on any atom is 0.338 e. The fourth-order valence-corrected chi connectivity index (χ4v) is 2.90. The summed E-state index contributed by atoms with van der Waals surface area (Å²) in [6.45, 7) is 1.92. The standard InChI is InChI=1S/C19H19NO3/c1-3-19(18(21)22-2)16(14-10-6-4-7-11-14)23-17(20-19)15-12-8-5-9-13-15/h4-13,16H,3H2,1-2H3. The van der Waals surface area contributed by atoms with Gasteiger partial charge in [-0.15, -0.1) is 0 Å². The lowest BCUT2D eigenvalue weighted by molar-refractivity contribution is -0.150. The minimum Gasteiger partial charge on any atom is -0.467 e. The highest BCUT2D eigenvalue weighted by Crippen LogP contribution is 2.42. The molecule has 2 atom stereocenters. The van der Waals surface area contributed by atoms with E-state index in [0.29, 0.717) is 12.3 Å². The zero-order chi connectivity index (χ0) is 16.3. The molecule has 0 amide bonds. The van der Waals surface area contributed by atoms with Crippen molar-refractivity contribution in [3.63, 3.8) is 0 Å². The summed E-state index contributed by atoms with van der Waals surface area (Å²) in [5.41, 5.74) is 0.712. The van der Waals surface area contributed by atoms with Crippen molar-refractivity contribution >= 4 is 11.9 Å². The fraction of sp³-hybridized carbons (Fsp3) is 0.263. The Bertz CT molecular complexity index is 712. The monoisotopic (exact) mass is 309 g/mol. The largest absolute Gasteiger partial charge is 0.467 e. The van der Waals surface area contributed by atoms with Crippen LogP contribution in [0, 0.1) is 0 Å². The molecular weight excluding hydrogens is 290 g/mol. The molecule has 0 bridgehead atoms. The third-order valence-corrected chi connectivity index (χ3v) is 4.17. The minimum atomic E-state index is -1.05. The predicted molar refractivity (Wildman–Crippen MR) is 88.3 cm³/mol. The smallest absolute Gasteiger partial charge is 0.338 e. The van der Waals surface area contributed by atoms with Crippen molar-refractivity contribution in [1.29, 1.82) is 0 Å². The average Bonchev–Trinajstić information content (AvgIpc) is 3.03. The van der Waals surface area contributed by atoms with E-state index in [-0.39, 0.29) is 5.97 Å². The average molecular weight is 309 g/mol. The molecule has 1 heterocycles. The molecular formula is C19H19NO3. The number of rotatable bonds is 4. The Balaban J connectivity index is 2.09. The van der Waals surface area contributed by atoms with Gasteiger partial charge in [0.1, 0.15) is 0 Å². The van der Waals surface area contributed by atoms with E-state index in [1.165, 1.54) is 7.11 Å². The van der Waals surface area contributed by atoms with Gasteiger partial charge in [0, 0.05) is 5.56 Å². The number of benzene rings is 2. The quantitative estimate of drug-likeness (QED) is 0.812. The van der Waals surface area contributed by atoms with E-state index in [1.54, 1.807) is 0 Å². The predicted octanol–water partition coefficient (Wildman–Crippen LogP) is 3.53. The van der Waals surface area contributed by atoms with Crippen molar-refractivity contribution < 1.29 is 14.3 Å². The van der Waals surface area contributed by atoms with Gasteiger partial charge in [-0.2, -0.15) is 0 Å². The Morgan fingerprint density at radius 2 is 1.74 bits per heavy atom. The van der Waals surface area contributed by atoms with Gasteiger partial charge in [0.2, 0.25) is 11.4 Å². The van der Waals surface area contributed by atoms with Crippen molar-refractivity contribution in [3.05, 3.63) is 71.8 Å². The molecule has 0 aliphatic carbocycles. The molecule has 0 spiro atoms. The van der Waals surface area contributed by atoms with Gasteiger partial charge in [-0.05, 0) is 24.1 Å². The molecule has 4 heteroatoms. The fourth-order valence-electron chi connectivity index (χ4n) is 2.90. The molecule has 0 fully saturated rings. The molecule has 1 aliphatic rings. The van der Waals surface area contributed by atoms with Gasteiger partial charge in [0.15, 0.2) is 6.10 Å². The van der Waals surface area contributed by atoms with Crippen molar-refractivity contribution in [2.24, 2.45) is 4.99 Å². The number of hydrogen-bond donors (Lipinski definition) is 0. The summed E-state index contributed by atoms with van der Waals surface area (Å²) >= 11 is 0. The van der Waals surface area contributed by atoms with Crippen LogP contribution in [-0.2, 0) is 14.3 Å². The van der Waals surface area contributed by atoms with Crippen LogP contribution in [0.4, 0.5) is 0 Å². The maximum absolute atomic E-state index is 12.5. The van der Waals surface area contributed by atoms with E-state index < -0.39 is 11.6 Å². The summed E-state index contributed by atoms with van der Waals surface area (Å²) in [5, 5.41) is 0. The van der Waals surface area contributed by atoms with Crippen LogP contribution in [0.15, 0.2) is 65.7 Å². The number of hydrogen-bond acceptors (Lipinski definition) is 4. The molecule has 0 radical (unpaired) electrons. The van der Waals surface area contributed by atoms with Gasteiger partial charge in [-0.3, -0.25) is 0 Å². The van der Waals surface area contributed by atoms with Gasteiger partial charge >= 0.3 is 5.97 Å². The lowest BCUT2D eigenvalue weighted by Gasteiger charge is -2.27. The highest BCUT2D eigenvalue weighted by Gasteiger charge is 2.53. The first kappa shape index (κ1) is 15.3. The zero-order valence-electron chi connectivity index (χ0n) is 13.2. The highest BCUT2D eigenvalue weighted by atomic mass is 16.5. The van der Waals surface area contributed by atoms with Crippen molar-refractivity contribution in [3.8, 4) is 0 Å². The number of carbonyl (C=O) groups excluding carboxylic acids is 1. The van der Waals surface area contributed by atoms with Gasteiger partial charge < -0.3 is 9.47 Å². The summed E-state index contributed by atoms with van der Waals surface area (Å²) in [6.07, 6.45) is 0.00612. The Hall–Kier alpha value is -2.62. The first-order valence-corrected chi connectivity index (χ1v) is 7.66. The number of ether oxygens (including phenoxy) is 2. The van der Waals surface area contributed by atoms with Crippen LogP contribution in [0.25, 0.3) is 0 Å². The molecule has 4 nitrogen and oxygen atoms in total. The first-order valence-electron chi connectivity index (χ1n) is 7.66. The van der Waals surface area contributed by atoms with Crippen molar-refractivity contribution in [2.45, 2.75) is 25.0 Å². The van der Waals surface area contributed by atoms with Crippen molar-refractivity contribution in [1.82, 2.24) is 0 Å². The summed E-state index contributed by atoms with van der Waals surface area (Å²) in [6, 6.07) is 19.3. The molecule has 23 heavy (non-hydrogen) atoms. The Morgan fingerprint density at radius 1 is 1.13 bits per heavy atom. The summed E-state index contributed by atoms with van der Waals surface area (Å²) in [5.74, 6) is 0.103. The SMILES string of the molecule is CCC1(C(=O)OC)N=C(c2ccccc2)OC1c1ccccc1. The van der Waals surface area contributed by atoms with Crippen molar-refractivity contribution in [2.75, 3.05) is 7.11 Å². The third kappa shape index (κ3) is 2.61. The summed E-state index contributed by atoms with van der Waals surface area (Å²) in [7, 11) is 1.39. The number of aliphatic imine (C=N–C) groups is 1. The Kier molecular flexibility index (Phi) is 4.15. The van der Waals surface area contributed by atoms with Crippen LogP contribution >= 0.6 is 0 Å². The van der Waals surface area contributed by atoms with E-state index >= 15 is 0 Å². The normalized spacial score (nSPS) is 23.0. The maximum atomic E-state index is 12.5. The lowest BCUT2D eigenvalue weighted by atomic mass is 9.86. The molecule has 0 aromatic heterocycles. The first-order chi connectivity index (χ1) is 11.2. The van der Waals surface area contributed by atoms with Crippen LogP contribution in [0.3, 0.4) is 0 Å². The highest BCUT2D eigenvalue weighted by molar-refractivity contribution is 5.99. The molecule has 2 unspecified atom stereocenters. The van der Waals surface area contributed by atoms with Crippen LogP contribution in [0.2, 0.25) is 0 Å². The molecule has 3 rings (SSSR count). The van der Waals surface area contributed by atoms with E-state index in [2.05, 4.69) is 4.99 Å². The molecule has 0 saturated carbocycles. The molecule has 118 valence electrons. The summed E-state index contributed by atoms with van der Waals surface area (Å²) in [4.78, 5) is 17.2. The second-order valence-electron chi connectivity index (χ2n) is 5.46. The van der Waals surface area contributed by atoms with Gasteiger partial charge in [0.05, 0.1) is 7.11 Å². The number of nitrogens with zero attached hydrogens (tertiary/aromatic N) is 1. The van der Waals surface area contributed by atoms with Gasteiger partial charge in [0.25, 0.3) is 0 Å². The lowest BCUT2D eigenvalue weighted by Crippen LogP contribution is -2.41. The van der Waals surface area contributed by atoms with E-state index in [4.69, 9.17) is 9.47 Å². The second-order valence-corrected chi connectivity index (χ2v) is 5.46. The van der Waals surface area contributed by atoms with Crippen LogP contribution in [0.1, 0.15) is 30.6 Å².